The third-order valence-electron chi connectivity index (χ3n) is 2.43. The summed E-state index contributed by atoms with van der Waals surface area (Å²) in [6.07, 6.45) is 0. The zero-order valence-electron chi connectivity index (χ0n) is 8.77. The van der Waals surface area contributed by atoms with E-state index in [1.54, 1.807) is 29.8 Å². The predicted octanol–water partition coefficient (Wildman–Crippen LogP) is 2.29. The van der Waals surface area contributed by atoms with Crippen molar-refractivity contribution >= 4 is 17.3 Å². The zero-order chi connectivity index (χ0) is 11.7. The van der Waals surface area contributed by atoms with Gasteiger partial charge in [0.15, 0.2) is 0 Å². The van der Waals surface area contributed by atoms with Crippen LogP contribution in [0.15, 0.2) is 41.2 Å². The van der Waals surface area contributed by atoms with Crippen LogP contribution in [-0.4, -0.2) is 4.57 Å². The molecule has 1 heterocycles. The van der Waals surface area contributed by atoms with E-state index in [2.05, 4.69) is 0 Å². The maximum atomic E-state index is 11.6. The zero-order valence-corrected chi connectivity index (χ0v) is 9.53. The number of nitrogens with zero attached hydrogens (tertiary/aromatic N) is 1. The van der Waals surface area contributed by atoms with Gasteiger partial charge in [0.05, 0.1) is 5.69 Å². The van der Waals surface area contributed by atoms with Gasteiger partial charge in [-0.05, 0) is 23.8 Å². The predicted molar refractivity (Wildman–Crippen MR) is 66.5 cm³/mol. The largest absolute Gasteiger partial charge is 0.399 e. The number of anilines is 1. The number of pyridine rings is 1. The van der Waals surface area contributed by atoms with Crippen LogP contribution in [0.25, 0.3) is 11.3 Å². The molecule has 2 rings (SSSR count). The maximum Gasteiger partial charge on any atom is 0.252 e. The number of rotatable bonds is 1. The molecule has 82 valence electrons. The molecule has 0 aliphatic rings. The number of halogens is 1. The van der Waals surface area contributed by atoms with Gasteiger partial charge in [-0.1, -0.05) is 23.7 Å². The van der Waals surface area contributed by atoms with Gasteiger partial charge in [-0.3, -0.25) is 4.79 Å². The summed E-state index contributed by atoms with van der Waals surface area (Å²) >= 11 is 5.81. The van der Waals surface area contributed by atoms with E-state index in [-0.39, 0.29) is 5.56 Å². The summed E-state index contributed by atoms with van der Waals surface area (Å²) in [6.45, 7) is 0. The molecule has 3 nitrogen and oxygen atoms in total. The van der Waals surface area contributed by atoms with E-state index >= 15 is 0 Å². The first-order valence-corrected chi connectivity index (χ1v) is 5.18. The molecule has 0 atom stereocenters. The summed E-state index contributed by atoms with van der Waals surface area (Å²) < 4.78 is 1.56. The van der Waals surface area contributed by atoms with Gasteiger partial charge in [0, 0.05) is 23.8 Å². The standard InChI is InChI=1S/C12H11ClN2O/c1-15-11(6-10(14)7-12(15)16)8-2-4-9(13)5-3-8/h2-7H,14H2,1H3. The summed E-state index contributed by atoms with van der Waals surface area (Å²) in [7, 11) is 1.71. The Bertz CT molecular complexity index is 573. The highest BCUT2D eigenvalue weighted by Gasteiger charge is 2.04. The van der Waals surface area contributed by atoms with Crippen molar-refractivity contribution in [3.8, 4) is 11.3 Å². The summed E-state index contributed by atoms with van der Waals surface area (Å²) in [5.74, 6) is 0. The molecule has 0 saturated heterocycles. The monoisotopic (exact) mass is 234 g/mol. The second-order valence-electron chi connectivity index (χ2n) is 3.58. The van der Waals surface area contributed by atoms with E-state index in [1.807, 2.05) is 12.1 Å². The van der Waals surface area contributed by atoms with Crippen LogP contribution in [0.4, 0.5) is 5.69 Å². The molecule has 0 radical (unpaired) electrons. The molecule has 0 unspecified atom stereocenters. The fourth-order valence-electron chi connectivity index (χ4n) is 1.55. The van der Waals surface area contributed by atoms with Crippen molar-refractivity contribution in [1.29, 1.82) is 0 Å². The second kappa shape index (κ2) is 4.02. The van der Waals surface area contributed by atoms with Crippen LogP contribution in [0, 0.1) is 0 Å². The lowest BCUT2D eigenvalue weighted by Crippen LogP contribution is -2.17. The van der Waals surface area contributed by atoms with Crippen molar-refractivity contribution in [2.45, 2.75) is 0 Å². The van der Waals surface area contributed by atoms with E-state index in [0.29, 0.717) is 10.7 Å². The number of nitrogen functional groups attached to an aromatic ring is 1. The average molecular weight is 235 g/mol. The lowest BCUT2D eigenvalue weighted by molar-refractivity contribution is 0.872. The van der Waals surface area contributed by atoms with E-state index in [1.165, 1.54) is 6.07 Å². The Morgan fingerprint density at radius 2 is 1.81 bits per heavy atom. The molecule has 0 fully saturated rings. The van der Waals surface area contributed by atoms with Gasteiger partial charge in [-0.15, -0.1) is 0 Å². The molecule has 0 aliphatic heterocycles. The third kappa shape index (κ3) is 1.95. The van der Waals surface area contributed by atoms with Crippen molar-refractivity contribution in [3.05, 3.63) is 51.8 Å². The van der Waals surface area contributed by atoms with E-state index in [4.69, 9.17) is 17.3 Å². The van der Waals surface area contributed by atoms with Crippen LogP contribution in [0.2, 0.25) is 5.02 Å². The van der Waals surface area contributed by atoms with Gasteiger partial charge in [-0.25, -0.2) is 0 Å². The van der Waals surface area contributed by atoms with Crippen LogP contribution in [0.5, 0.6) is 0 Å². The number of benzene rings is 1. The Morgan fingerprint density at radius 3 is 2.44 bits per heavy atom. The van der Waals surface area contributed by atoms with Crippen molar-refractivity contribution in [3.63, 3.8) is 0 Å². The minimum absolute atomic E-state index is 0.120. The minimum Gasteiger partial charge on any atom is -0.399 e. The summed E-state index contributed by atoms with van der Waals surface area (Å²) in [5.41, 5.74) is 7.69. The van der Waals surface area contributed by atoms with Gasteiger partial charge >= 0.3 is 0 Å². The Morgan fingerprint density at radius 1 is 1.19 bits per heavy atom. The van der Waals surface area contributed by atoms with Gasteiger partial charge in [0.2, 0.25) is 0 Å². The first-order valence-electron chi connectivity index (χ1n) is 4.80. The highest BCUT2D eigenvalue weighted by molar-refractivity contribution is 6.30. The molecule has 1 aromatic heterocycles. The number of aromatic nitrogens is 1. The lowest BCUT2D eigenvalue weighted by Gasteiger charge is -2.09. The Balaban J connectivity index is 2.64. The lowest BCUT2D eigenvalue weighted by atomic mass is 10.1. The van der Waals surface area contributed by atoms with E-state index < -0.39 is 0 Å². The normalized spacial score (nSPS) is 10.4. The fraction of sp³-hybridized carbons (Fsp3) is 0.0833. The van der Waals surface area contributed by atoms with Crippen LogP contribution in [0.3, 0.4) is 0 Å². The van der Waals surface area contributed by atoms with Crippen molar-refractivity contribution in [2.75, 3.05) is 5.73 Å². The van der Waals surface area contributed by atoms with Crippen molar-refractivity contribution < 1.29 is 0 Å². The van der Waals surface area contributed by atoms with Crippen LogP contribution in [0.1, 0.15) is 0 Å². The number of hydrogen-bond donors (Lipinski definition) is 1. The van der Waals surface area contributed by atoms with Crippen molar-refractivity contribution in [1.82, 2.24) is 4.57 Å². The van der Waals surface area contributed by atoms with E-state index in [0.717, 1.165) is 11.3 Å². The van der Waals surface area contributed by atoms with Crippen LogP contribution in [-0.2, 0) is 7.05 Å². The van der Waals surface area contributed by atoms with Crippen LogP contribution >= 0.6 is 11.6 Å². The highest BCUT2D eigenvalue weighted by atomic mass is 35.5. The molecule has 0 saturated carbocycles. The smallest absolute Gasteiger partial charge is 0.252 e. The van der Waals surface area contributed by atoms with Gasteiger partial charge in [0.25, 0.3) is 5.56 Å². The number of hydrogen-bond acceptors (Lipinski definition) is 2. The average Bonchev–Trinajstić information content (AvgIpc) is 2.25. The first-order chi connectivity index (χ1) is 7.58. The molecule has 2 aromatic rings. The molecule has 2 N–H and O–H groups in total. The topological polar surface area (TPSA) is 48.0 Å². The second-order valence-corrected chi connectivity index (χ2v) is 4.01. The SMILES string of the molecule is Cn1c(-c2ccc(Cl)cc2)cc(N)cc1=O. The Kier molecular flexibility index (Phi) is 2.71. The summed E-state index contributed by atoms with van der Waals surface area (Å²) in [4.78, 5) is 11.6. The molecule has 0 amide bonds. The van der Waals surface area contributed by atoms with Gasteiger partial charge < -0.3 is 10.3 Å². The van der Waals surface area contributed by atoms with Gasteiger partial charge in [-0.2, -0.15) is 0 Å². The fourth-order valence-corrected chi connectivity index (χ4v) is 1.68. The van der Waals surface area contributed by atoms with E-state index in [9.17, 15) is 4.79 Å². The Labute approximate surface area is 98.1 Å². The number of nitrogens with two attached hydrogens (primary N) is 1. The summed E-state index contributed by atoms with van der Waals surface area (Å²) in [6, 6.07) is 10.5. The summed E-state index contributed by atoms with van der Waals surface area (Å²) in [5, 5.41) is 0.664. The van der Waals surface area contributed by atoms with Crippen molar-refractivity contribution in [2.24, 2.45) is 7.05 Å². The molecule has 0 aliphatic carbocycles. The highest BCUT2D eigenvalue weighted by Crippen LogP contribution is 2.21. The first kappa shape index (κ1) is 10.8. The molecule has 0 bridgehead atoms. The minimum atomic E-state index is -0.120. The third-order valence-corrected chi connectivity index (χ3v) is 2.68. The quantitative estimate of drug-likeness (QED) is 0.823. The molecular formula is C12H11ClN2O. The van der Waals surface area contributed by atoms with Gasteiger partial charge in [0.1, 0.15) is 0 Å². The molecular weight excluding hydrogens is 224 g/mol. The maximum absolute atomic E-state index is 11.6. The molecule has 4 heteroatoms. The molecule has 16 heavy (non-hydrogen) atoms. The van der Waals surface area contributed by atoms with Crippen LogP contribution < -0.4 is 11.3 Å². The Hall–Kier alpha value is -1.74. The molecule has 1 aromatic carbocycles. The molecule has 0 spiro atoms.